The van der Waals surface area contributed by atoms with E-state index >= 15 is 0 Å². The lowest BCUT2D eigenvalue weighted by Gasteiger charge is -2.10. The highest BCUT2D eigenvalue weighted by Crippen LogP contribution is 2.30. The third-order valence-corrected chi connectivity index (χ3v) is 2.56. The number of hydrogen-bond donors (Lipinski definition) is 0. The van der Waals surface area contributed by atoms with Crippen LogP contribution in [0.1, 0.15) is 39.5 Å². The van der Waals surface area contributed by atoms with E-state index in [1.807, 2.05) is 13.8 Å². The molecular weight excluding hydrogens is 259 g/mol. The molecule has 1 rings (SSSR count). The van der Waals surface area contributed by atoms with Gasteiger partial charge < -0.3 is 9.47 Å². The lowest BCUT2D eigenvalue weighted by molar-refractivity contribution is 0.269. The highest BCUT2D eigenvalue weighted by atomic mass is 35.5. The Balaban J connectivity index is 2.71. The summed E-state index contributed by atoms with van der Waals surface area (Å²) in [6.07, 6.45) is 2.77. The van der Waals surface area contributed by atoms with Crippen molar-refractivity contribution >= 4 is 11.6 Å². The Morgan fingerprint density at radius 3 is 1.83 bits per heavy atom. The second-order valence-electron chi connectivity index (χ2n) is 3.82. The fourth-order valence-corrected chi connectivity index (χ4v) is 1.39. The van der Waals surface area contributed by atoms with E-state index in [1.165, 1.54) is 0 Å². The van der Waals surface area contributed by atoms with Crippen LogP contribution in [0.25, 0.3) is 0 Å². The zero-order chi connectivity index (χ0) is 13.4. The van der Waals surface area contributed by atoms with Gasteiger partial charge in [0.15, 0.2) is 5.02 Å². The van der Waals surface area contributed by atoms with Crippen molar-refractivity contribution in [2.24, 2.45) is 0 Å². The highest BCUT2D eigenvalue weighted by Gasteiger charge is 2.15. The van der Waals surface area contributed by atoms with Gasteiger partial charge in [-0.3, -0.25) is 0 Å². The summed E-state index contributed by atoms with van der Waals surface area (Å²) in [6, 6.07) is 0. The van der Waals surface area contributed by atoms with E-state index in [0.29, 0.717) is 13.2 Å². The number of hydrogen-bond acceptors (Lipinski definition) is 4. The van der Waals surface area contributed by atoms with E-state index in [9.17, 15) is 4.39 Å². The molecule has 0 N–H and O–H groups in total. The first-order valence-corrected chi connectivity index (χ1v) is 6.55. The van der Waals surface area contributed by atoms with E-state index < -0.39 is 6.08 Å². The van der Waals surface area contributed by atoms with Gasteiger partial charge in [-0.1, -0.05) is 38.3 Å². The van der Waals surface area contributed by atoms with Gasteiger partial charge in [-0.2, -0.15) is 14.4 Å². The normalized spacial score (nSPS) is 10.4. The van der Waals surface area contributed by atoms with Gasteiger partial charge in [0.05, 0.1) is 13.2 Å². The second-order valence-corrected chi connectivity index (χ2v) is 4.20. The van der Waals surface area contributed by atoms with Crippen LogP contribution >= 0.6 is 11.6 Å². The van der Waals surface area contributed by atoms with Crippen LogP contribution in [0.4, 0.5) is 4.39 Å². The van der Waals surface area contributed by atoms with E-state index in [-0.39, 0.29) is 16.8 Å². The average Bonchev–Trinajstić information content (AvgIpc) is 2.35. The predicted molar refractivity (Wildman–Crippen MR) is 67.8 cm³/mol. The summed E-state index contributed by atoms with van der Waals surface area (Å²) in [5.41, 5.74) is 0. The zero-order valence-electron chi connectivity index (χ0n) is 10.7. The molecule has 4 nitrogen and oxygen atoms in total. The molecule has 102 valence electrons. The molecule has 0 fully saturated rings. The van der Waals surface area contributed by atoms with Crippen LogP contribution in [-0.2, 0) is 0 Å². The van der Waals surface area contributed by atoms with E-state index in [1.54, 1.807) is 0 Å². The topological polar surface area (TPSA) is 44.2 Å². The molecule has 1 aromatic rings. The van der Waals surface area contributed by atoms with Gasteiger partial charge in [-0.15, -0.1) is 0 Å². The molecule has 0 aromatic carbocycles. The molecular formula is C12H18ClFN2O2. The zero-order valence-corrected chi connectivity index (χ0v) is 11.5. The smallest absolute Gasteiger partial charge is 0.315 e. The highest BCUT2D eigenvalue weighted by molar-refractivity contribution is 6.33. The predicted octanol–water partition coefficient (Wildman–Crippen LogP) is 3.63. The van der Waals surface area contributed by atoms with Crippen LogP contribution in [0.5, 0.6) is 11.8 Å². The molecule has 0 saturated heterocycles. The maximum atomic E-state index is 13.2. The van der Waals surface area contributed by atoms with Crippen molar-refractivity contribution in [1.82, 2.24) is 9.97 Å². The van der Waals surface area contributed by atoms with Crippen molar-refractivity contribution in [3.05, 3.63) is 11.1 Å². The maximum absolute atomic E-state index is 13.2. The number of ether oxygens (including phenoxy) is 2. The Kier molecular flexibility index (Phi) is 6.72. The Bertz CT molecular complexity index is 346. The Morgan fingerprint density at radius 1 is 1.00 bits per heavy atom. The monoisotopic (exact) mass is 276 g/mol. The molecule has 0 aliphatic heterocycles. The van der Waals surface area contributed by atoms with Crippen molar-refractivity contribution in [1.29, 1.82) is 0 Å². The largest absolute Gasteiger partial charge is 0.476 e. The molecule has 0 unspecified atom stereocenters. The number of halogens is 2. The maximum Gasteiger partial charge on any atom is 0.315 e. The summed E-state index contributed by atoms with van der Waals surface area (Å²) < 4.78 is 23.8. The minimum absolute atomic E-state index is 0.0455. The van der Waals surface area contributed by atoms with Crippen molar-refractivity contribution in [2.45, 2.75) is 39.5 Å². The molecule has 1 aromatic heterocycles. The molecule has 0 atom stereocenters. The molecule has 0 aliphatic rings. The average molecular weight is 277 g/mol. The van der Waals surface area contributed by atoms with Crippen LogP contribution in [0, 0.1) is 6.08 Å². The van der Waals surface area contributed by atoms with Crippen LogP contribution < -0.4 is 9.47 Å². The Morgan fingerprint density at radius 2 is 1.44 bits per heavy atom. The molecule has 0 bridgehead atoms. The number of rotatable bonds is 8. The first kappa shape index (κ1) is 15.0. The first-order chi connectivity index (χ1) is 8.69. The summed E-state index contributed by atoms with van der Waals surface area (Å²) in [5, 5.41) is 0.128. The van der Waals surface area contributed by atoms with E-state index in [4.69, 9.17) is 21.1 Å². The van der Waals surface area contributed by atoms with Crippen LogP contribution in [0.3, 0.4) is 0 Å². The molecule has 18 heavy (non-hydrogen) atoms. The minimum atomic E-state index is -0.891. The summed E-state index contributed by atoms with van der Waals surface area (Å²) in [4.78, 5) is 7.04. The summed E-state index contributed by atoms with van der Waals surface area (Å²) >= 11 is 6.00. The molecule has 0 radical (unpaired) electrons. The lowest BCUT2D eigenvalue weighted by atomic mass is 10.4. The van der Waals surface area contributed by atoms with Gasteiger partial charge in [0, 0.05) is 0 Å². The quantitative estimate of drug-likeness (QED) is 0.537. The van der Waals surface area contributed by atoms with Gasteiger partial charge in [0.1, 0.15) is 0 Å². The second kappa shape index (κ2) is 8.08. The van der Waals surface area contributed by atoms with Crippen molar-refractivity contribution in [3.63, 3.8) is 0 Å². The third-order valence-electron chi connectivity index (χ3n) is 2.24. The number of aromatic nitrogens is 2. The molecule has 6 heteroatoms. The lowest BCUT2D eigenvalue weighted by Crippen LogP contribution is -2.06. The number of unbranched alkanes of at least 4 members (excludes halogenated alkanes) is 2. The fourth-order valence-electron chi connectivity index (χ4n) is 1.20. The van der Waals surface area contributed by atoms with Crippen LogP contribution in [-0.4, -0.2) is 23.2 Å². The van der Waals surface area contributed by atoms with Gasteiger partial charge >= 0.3 is 6.08 Å². The summed E-state index contributed by atoms with van der Waals surface area (Å²) in [7, 11) is 0. The van der Waals surface area contributed by atoms with Gasteiger partial charge in [-0.05, 0) is 12.8 Å². The molecule has 0 aliphatic carbocycles. The molecule has 1 heterocycles. The number of nitrogens with zero attached hydrogens (tertiary/aromatic N) is 2. The van der Waals surface area contributed by atoms with Gasteiger partial charge in [0.2, 0.25) is 11.8 Å². The molecule has 0 spiro atoms. The van der Waals surface area contributed by atoms with Crippen molar-refractivity contribution < 1.29 is 13.9 Å². The Labute approximate surface area is 111 Å². The molecule has 0 saturated carbocycles. The van der Waals surface area contributed by atoms with Crippen LogP contribution in [0.15, 0.2) is 0 Å². The van der Waals surface area contributed by atoms with Crippen molar-refractivity contribution in [3.8, 4) is 11.8 Å². The third kappa shape index (κ3) is 4.64. The Hall–Kier alpha value is -1.10. The van der Waals surface area contributed by atoms with E-state index in [0.717, 1.165) is 25.7 Å². The van der Waals surface area contributed by atoms with Crippen LogP contribution in [0.2, 0.25) is 5.02 Å². The summed E-state index contributed by atoms with van der Waals surface area (Å²) in [5.74, 6) is 0.0910. The molecule has 0 amide bonds. The first-order valence-electron chi connectivity index (χ1n) is 6.17. The fraction of sp³-hybridized carbons (Fsp3) is 0.667. The van der Waals surface area contributed by atoms with Gasteiger partial charge in [0.25, 0.3) is 0 Å². The standard InChI is InChI=1S/C12H18ClFN2O2/c1-3-5-7-17-10-9(13)11(16-12(14)15-10)18-8-6-4-2/h3-8H2,1-2H3. The SMILES string of the molecule is CCCCOc1nc(F)nc(OCCCC)c1Cl. The summed E-state index contributed by atoms with van der Waals surface area (Å²) in [6.45, 7) is 4.96. The van der Waals surface area contributed by atoms with E-state index in [2.05, 4.69) is 9.97 Å². The minimum Gasteiger partial charge on any atom is -0.476 e. The van der Waals surface area contributed by atoms with Gasteiger partial charge in [-0.25, -0.2) is 0 Å². The van der Waals surface area contributed by atoms with Crippen molar-refractivity contribution in [2.75, 3.05) is 13.2 Å².